The van der Waals surface area contributed by atoms with E-state index >= 15 is 0 Å². The molecule has 0 bridgehead atoms. The van der Waals surface area contributed by atoms with Gasteiger partial charge in [0.1, 0.15) is 11.8 Å². The van der Waals surface area contributed by atoms with Gasteiger partial charge in [-0.3, -0.25) is 19.4 Å². The second-order valence-electron chi connectivity index (χ2n) is 8.19. The van der Waals surface area contributed by atoms with Gasteiger partial charge < -0.3 is 24.2 Å². The third-order valence-electron chi connectivity index (χ3n) is 6.09. The quantitative estimate of drug-likeness (QED) is 0.438. The van der Waals surface area contributed by atoms with Crippen molar-refractivity contribution in [2.24, 2.45) is 5.10 Å². The predicted octanol–water partition coefficient (Wildman–Crippen LogP) is -0.286. The van der Waals surface area contributed by atoms with E-state index in [1.54, 1.807) is 16.8 Å². The number of benzene rings is 1. The topological polar surface area (TPSA) is 112 Å². The smallest absolute Gasteiger partial charge is 0.354 e. The van der Waals surface area contributed by atoms with Gasteiger partial charge in [-0.1, -0.05) is 18.2 Å². The molecular formula is C23H29N5O6. The van der Waals surface area contributed by atoms with Crippen molar-refractivity contribution in [1.29, 1.82) is 0 Å². The van der Waals surface area contributed by atoms with Gasteiger partial charge in [-0.05, 0) is 19.1 Å². The highest BCUT2D eigenvalue weighted by atomic mass is 16.5. The maximum absolute atomic E-state index is 13.4. The minimum atomic E-state index is -0.681. The fourth-order valence-corrected chi connectivity index (χ4v) is 4.24. The molecule has 34 heavy (non-hydrogen) atoms. The van der Waals surface area contributed by atoms with E-state index in [-0.39, 0.29) is 37.7 Å². The Balaban J connectivity index is 1.40. The fourth-order valence-electron chi connectivity index (χ4n) is 4.24. The summed E-state index contributed by atoms with van der Waals surface area (Å²) in [5.41, 5.74) is 0.902. The summed E-state index contributed by atoms with van der Waals surface area (Å²) in [6, 6.07) is 8.51. The Morgan fingerprint density at radius 3 is 2.12 bits per heavy atom. The van der Waals surface area contributed by atoms with Gasteiger partial charge in [-0.25, -0.2) is 4.79 Å². The Morgan fingerprint density at radius 2 is 1.50 bits per heavy atom. The highest BCUT2D eigenvalue weighted by Gasteiger charge is 2.40. The van der Waals surface area contributed by atoms with Gasteiger partial charge in [-0.15, -0.1) is 0 Å². The van der Waals surface area contributed by atoms with E-state index in [0.29, 0.717) is 45.1 Å². The van der Waals surface area contributed by atoms with Gasteiger partial charge in [0.2, 0.25) is 5.91 Å². The Labute approximate surface area is 197 Å². The second kappa shape index (κ2) is 10.6. The minimum Gasteiger partial charge on any atom is -0.461 e. The SMILES string of the molecule is CCOC(=O)C1=NN(c2ccccc2)C(C(=O)N2CCN(C(=O)C(=O)N3CCOCC3)CC2)C1. The first-order valence-electron chi connectivity index (χ1n) is 11.5. The van der Waals surface area contributed by atoms with Crippen molar-refractivity contribution >= 4 is 35.1 Å². The fraction of sp³-hybridized carbons (Fsp3) is 0.522. The zero-order valence-electron chi connectivity index (χ0n) is 19.2. The molecule has 11 heteroatoms. The molecule has 0 spiro atoms. The van der Waals surface area contributed by atoms with Gasteiger partial charge >= 0.3 is 17.8 Å². The molecule has 11 nitrogen and oxygen atoms in total. The zero-order chi connectivity index (χ0) is 24.1. The standard InChI is InChI=1S/C23H29N5O6/c1-2-34-23(32)18-16-19(28(24-18)17-6-4-3-5-7-17)20(29)25-8-10-26(11-9-25)21(30)22(31)27-12-14-33-15-13-27/h3-7,19H,2,8-16H2,1H3. The van der Waals surface area contributed by atoms with Crippen LogP contribution in [0.1, 0.15) is 13.3 Å². The number of carbonyl (C=O) groups excluding carboxylic acids is 4. The van der Waals surface area contributed by atoms with Crippen LogP contribution in [0.25, 0.3) is 0 Å². The average molecular weight is 472 g/mol. The van der Waals surface area contributed by atoms with Crippen LogP contribution in [0.3, 0.4) is 0 Å². The van der Waals surface area contributed by atoms with E-state index in [2.05, 4.69) is 5.10 Å². The number of morpholine rings is 1. The number of piperazine rings is 1. The molecule has 4 rings (SSSR count). The third-order valence-corrected chi connectivity index (χ3v) is 6.09. The summed E-state index contributed by atoms with van der Waals surface area (Å²) in [6.07, 6.45) is 0.140. The minimum absolute atomic E-state index is 0.140. The molecule has 3 amide bonds. The van der Waals surface area contributed by atoms with E-state index in [9.17, 15) is 19.2 Å². The number of hydrazone groups is 1. The number of carbonyl (C=O) groups is 4. The lowest BCUT2D eigenvalue weighted by molar-refractivity contribution is -0.155. The van der Waals surface area contributed by atoms with Crippen molar-refractivity contribution in [3.63, 3.8) is 0 Å². The number of hydrogen-bond acceptors (Lipinski definition) is 8. The van der Waals surface area contributed by atoms with Crippen molar-refractivity contribution in [2.75, 3.05) is 64.1 Å². The first-order valence-corrected chi connectivity index (χ1v) is 11.5. The molecule has 2 fully saturated rings. The molecule has 1 aromatic carbocycles. The molecule has 0 radical (unpaired) electrons. The Kier molecular flexibility index (Phi) is 7.41. The molecule has 1 aromatic rings. The molecule has 0 aromatic heterocycles. The van der Waals surface area contributed by atoms with Crippen LogP contribution in [0.5, 0.6) is 0 Å². The average Bonchev–Trinajstić information content (AvgIpc) is 3.34. The summed E-state index contributed by atoms with van der Waals surface area (Å²) >= 11 is 0. The number of amides is 3. The largest absolute Gasteiger partial charge is 0.461 e. The molecule has 3 heterocycles. The normalized spacial score (nSPS) is 20.7. The van der Waals surface area contributed by atoms with Crippen LogP contribution in [0.4, 0.5) is 5.69 Å². The summed E-state index contributed by atoms with van der Waals surface area (Å²) in [6.45, 7) is 4.74. The van der Waals surface area contributed by atoms with E-state index in [1.165, 1.54) is 9.80 Å². The Hall–Kier alpha value is -3.47. The predicted molar refractivity (Wildman–Crippen MR) is 122 cm³/mol. The molecule has 0 aliphatic carbocycles. The summed E-state index contributed by atoms with van der Waals surface area (Å²) in [4.78, 5) is 55.5. The van der Waals surface area contributed by atoms with Crippen molar-refractivity contribution in [2.45, 2.75) is 19.4 Å². The van der Waals surface area contributed by atoms with E-state index in [0.717, 1.165) is 0 Å². The first kappa shape index (κ1) is 23.7. The monoisotopic (exact) mass is 471 g/mol. The summed E-state index contributed by atoms with van der Waals surface area (Å²) in [7, 11) is 0. The lowest BCUT2D eigenvalue weighted by atomic mass is 10.1. The van der Waals surface area contributed by atoms with Crippen LogP contribution in [-0.4, -0.2) is 109 Å². The molecule has 3 aliphatic heterocycles. The molecular weight excluding hydrogens is 442 g/mol. The molecule has 1 atom stereocenters. The van der Waals surface area contributed by atoms with Crippen LogP contribution in [0.15, 0.2) is 35.4 Å². The lowest BCUT2D eigenvalue weighted by Crippen LogP contribution is -2.57. The van der Waals surface area contributed by atoms with Crippen LogP contribution in [0.2, 0.25) is 0 Å². The molecule has 182 valence electrons. The van der Waals surface area contributed by atoms with E-state index < -0.39 is 23.8 Å². The lowest BCUT2D eigenvalue weighted by Gasteiger charge is -2.37. The zero-order valence-corrected chi connectivity index (χ0v) is 19.2. The van der Waals surface area contributed by atoms with Crippen LogP contribution < -0.4 is 5.01 Å². The Bertz CT molecular complexity index is 954. The van der Waals surface area contributed by atoms with Crippen molar-refractivity contribution in [1.82, 2.24) is 14.7 Å². The van der Waals surface area contributed by atoms with Crippen LogP contribution >= 0.6 is 0 Å². The number of rotatable bonds is 4. The molecule has 1 unspecified atom stereocenters. The van der Waals surface area contributed by atoms with E-state index in [1.807, 2.05) is 30.3 Å². The highest BCUT2D eigenvalue weighted by molar-refractivity contribution is 6.38. The number of hydrogen-bond donors (Lipinski definition) is 0. The number of ether oxygens (including phenoxy) is 2. The number of anilines is 1. The van der Waals surface area contributed by atoms with Gasteiger partial charge in [-0.2, -0.15) is 5.10 Å². The molecule has 0 saturated carbocycles. The third kappa shape index (κ3) is 5.04. The van der Waals surface area contributed by atoms with Crippen LogP contribution in [-0.2, 0) is 28.7 Å². The molecule has 2 saturated heterocycles. The number of nitrogens with zero attached hydrogens (tertiary/aromatic N) is 5. The summed E-state index contributed by atoms with van der Waals surface area (Å²) < 4.78 is 10.3. The molecule has 0 N–H and O–H groups in total. The van der Waals surface area contributed by atoms with Crippen molar-refractivity contribution in [3.8, 4) is 0 Å². The molecule has 3 aliphatic rings. The van der Waals surface area contributed by atoms with Gasteiger partial charge in [0.05, 0.1) is 25.5 Å². The maximum atomic E-state index is 13.4. The first-order chi connectivity index (χ1) is 16.5. The Morgan fingerprint density at radius 1 is 0.912 bits per heavy atom. The van der Waals surface area contributed by atoms with Gasteiger partial charge in [0.25, 0.3) is 0 Å². The van der Waals surface area contributed by atoms with Gasteiger partial charge in [0.15, 0.2) is 0 Å². The number of esters is 1. The van der Waals surface area contributed by atoms with Crippen molar-refractivity contribution in [3.05, 3.63) is 30.3 Å². The van der Waals surface area contributed by atoms with Crippen LogP contribution in [0, 0.1) is 0 Å². The number of para-hydroxylation sites is 1. The summed E-state index contributed by atoms with van der Waals surface area (Å²) in [5, 5.41) is 5.96. The van der Waals surface area contributed by atoms with E-state index in [4.69, 9.17) is 9.47 Å². The second-order valence-corrected chi connectivity index (χ2v) is 8.19. The maximum Gasteiger partial charge on any atom is 0.354 e. The highest BCUT2D eigenvalue weighted by Crippen LogP contribution is 2.26. The van der Waals surface area contributed by atoms with Gasteiger partial charge in [0, 0.05) is 45.7 Å². The summed E-state index contributed by atoms with van der Waals surface area (Å²) in [5.74, 6) is -1.79. The van der Waals surface area contributed by atoms with Crippen molar-refractivity contribution < 1.29 is 28.7 Å².